The minimum Gasteiger partial charge on any atom is -0.493 e. The molecule has 0 spiro atoms. The number of carbonyl (C=O) groups excluding carboxylic acids is 2. The van der Waals surface area contributed by atoms with Crippen molar-refractivity contribution in [1.82, 2.24) is 10.4 Å². The van der Waals surface area contributed by atoms with Gasteiger partial charge in [0.05, 0.1) is 31.5 Å². The van der Waals surface area contributed by atoms with Crippen LogP contribution < -0.4 is 25.3 Å². The van der Waals surface area contributed by atoms with Crippen LogP contribution in [0.15, 0.2) is 66.7 Å². The van der Waals surface area contributed by atoms with Crippen LogP contribution in [0.3, 0.4) is 0 Å². The lowest BCUT2D eigenvalue weighted by molar-refractivity contribution is -0.114. The smallest absolute Gasteiger partial charge is 0.340 e. The molecular formula is C34H41F2N5O5. The summed E-state index contributed by atoms with van der Waals surface area (Å²) in [6, 6.07) is 18.0. The summed E-state index contributed by atoms with van der Waals surface area (Å²) < 4.78 is 39.2. The number of anilines is 3. The molecule has 10 nitrogen and oxygen atoms in total. The molecule has 0 radical (unpaired) electrons. The van der Waals surface area contributed by atoms with Crippen molar-refractivity contribution in [3.05, 3.63) is 83.9 Å². The van der Waals surface area contributed by atoms with Gasteiger partial charge in [0.15, 0.2) is 0 Å². The zero-order chi connectivity index (χ0) is 32.6. The minimum atomic E-state index is -0.814. The maximum Gasteiger partial charge on any atom is 0.340 e. The third-order valence-corrected chi connectivity index (χ3v) is 8.56. The molecule has 0 bridgehead atoms. The highest BCUT2D eigenvalue weighted by Crippen LogP contribution is 2.34. The van der Waals surface area contributed by atoms with E-state index in [0.29, 0.717) is 43.7 Å². The Hall–Kier alpha value is -4.42. The molecule has 2 heterocycles. The molecule has 4 atom stereocenters. The first-order chi connectivity index (χ1) is 22.2. The Kier molecular flexibility index (Phi) is 10.9. The molecule has 0 aromatic heterocycles. The fraction of sp³-hybridized carbons (Fsp3) is 0.412. The summed E-state index contributed by atoms with van der Waals surface area (Å²) in [4.78, 5) is 28.5. The van der Waals surface area contributed by atoms with Gasteiger partial charge in [-0.05, 0) is 74.4 Å². The number of hydrogen-bond donors (Lipinski definition) is 3. The fourth-order valence-corrected chi connectivity index (χ4v) is 6.02. The molecule has 12 heteroatoms. The lowest BCUT2D eigenvalue weighted by atomic mass is 10.0. The Morgan fingerprint density at radius 3 is 2.24 bits per heavy atom. The molecule has 3 N–H and O–H groups in total. The van der Waals surface area contributed by atoms with E-state index >= 15 is 0 Å². The Balaban J connectivity index is 1.07. The number of nitrogens with zero attached hydrogens (tertiary/aromatic N) is 3. The minimum absolute atomic E-state index is 0.116. The van der Waals surface area contributed by atoms with Crippen LogP contribution >= 0.6 is 0 Å². The molecular weight excluding hydrogens is 596 g/mol. The van der Waals surface area contributed by atoms with Crippen LogP contribution in [0, 0.1) is 17.6 Å². The first-order valence-corrected chi connectivity index (χ1v) is 15.6. The summed E-state index contributed by atoms with van der Waals surface area (Å²) in [6.45, 7) is 7.64. The standard InChI is InChI=1S/C34H41F2N5O5/c1-3-32(23(2)43)41(37-22-42)34(44)38-26-5-7-27(8-6-26)39-14-16-40(17-15-39)28-9-11-29(12-10-28)45-20-24-18-33(46-21-24)30-13-4-25(35)19-31(30)36/h4-13,19,22-24,32-33,43H,3,14-18,20-21H2,1-2H3,(H,37,42)(H,38,44)/t23?,24-,32+,33?/m1/s1. The summed E-state index contributed by atoms with van der Waals surface area (Å²) in [5.41, 5.74) is 5.49. The van der Waals surface area contributed by atoms with Gasteiger partial charge in [-0.25, -0.2) is 18.6 Å². The Morgan fingerprint density at radius 1 is 1.04 bits per heavy atom. The molecule has 3 aromatic rings. The third-order valence-electron chi connectivity index (χ3n) is 8.56. The number of rotatable bonds is 12. The van der Waals surface area contributed by atoms with Crippen LogP contribution in [0.4, 0.5) is 30.6 Å². The van der Waals surface area contributed by atoms with Gasteiger partial charge in [0, 0.05) is 60.8 Å². The van der Waals surface area contributed by atoms with Gasteiger partial charge >= 0.3 is 6.03 Å². The van der Waals surface area contributed by atoms with Crippen molar-refractivity contribution in [3.63, 3.8) is 0 Å². The second kappa shape index (κ2) is 15.2. The number of nitrogens with one attached hydrogen (secondary N) is 2. The molecule has 0 saturated carbocycles. The van der Waals surface area contributed by atoms with Gasteiger partial charge in [-0.1, -0.05) is 13.0 Å². The van der Waals surface area contributed by atoms with Crippen molar-refractivity contribution in [2.75, 3.05) is 54.5 Å². The number of aliphatic hydroxyl groups is 1. The van der Waals surface area contributed by atoms with Crippen molar-refractivity contribution >= 4 is 29.5 Å². The maximum absolute atomic E-state index is 14.1. The lowest BCUT2D eigenvalue weighted by Crippen LogP contribution is -2.54. The van der Waals surface area contributed by atoms with Gasteiger partial charge < -0.3 is 29.7 Å². The van der Waals surface area contributed by atoms with Gasteiger partial charge in [-0.2, -0.15) is 0 Å². The average molecular weight is 638 g/mol. The second-order valence-electron chi connectivity index (χ2n) is 11.7. The number of halogens is 2. The largest absolute Gasteiger partial charge is 0.493 e. The molecule has 2 aliphatic rings. The quantitative estimate of drug-likeness (QED) is 0.187. The van der Waals surface area contributed by atoms with E-state index in [1.807, 2.05) is 55.5 Å². The maximum atomic E-state index is 14.1. The van der Waals surface area contributed by atoms with Crippen molar-refractivity contribution in [2.24, 2.45) is 5.92 Å². The summed E-state index contributed by atoms with van der Waals surface area (Å²) in [5, 5.41) is 13.9. The molecule has 3 aromatic carbocycles. The molecule has 2 aliphatic heterocycles. The monoisotopic (exact) mass is 637 g/mol. The van der Waals surface area contributed by atoms with Gasteiger partial charge in [0.1, 0.15) is 17.4 Å². The highest BCUT2D eigenvalue weighted by Gasteiger charge is 2.30. The summed E-state index contributed by atoms with van der Waals surface area (Å²) >= 11 is 0. The lowest BCUT2D eigenvalue weighted by Gasteiger charge is -2.37. The summed E-state index contributed by atoms with van der Waals surface area (Å²) in [5.74, 6) is -0.310. The van der Waals surface area contributed by atoms with Crippen LogP contribution in [-0.4, -0.2) is 74.1 Å². The van der Waals surface area contributed by atoms with Crippen molar-refractivity contribution in [1.29, 1.82) is 0 Å². The Bertz CT molecular complexity index is 1450. The topological polar surface area (TPSA) is 107 Å². The molecule has 3 amide bonds. The van der Waals surface area contributed by atoms with Crippen molar-refractivity contribution < 1.29 is 33.0 Å². The van der Waals surface area contributed by atoms with Crippen LogP contribution in [0.5, 0.6) is 5.75 Å². The van der Waals surface area contributed by atoms with E-state index < -0.39 is 35.9 Å². The summed E-state index contributed by atoms with van der Waals surface area (Å²) in [7, 11) is 0. The normalized spacial score (nSPS) is 19.3. The molecule has 46 heavy (non-hydrogen) atoms. The van der Waals surface area contributed by atoms with E-state index in [-0.39, 0.29) is 5.92 Å². The average Bonchev–Trinajstić information content (AvgIpc) is 3.53. The molecule has 0 aliphatic carbocycles. The van der Waals surface area contributed by atoms with Gasteiger partial charge in [0.25, 0.3) is 0 Å². The molecule has 246 valence electrons. The number of hydrazine groups is 1. The first kappa shape index (κ1) is 33.0. The van der Waals surface area contributed by atoms with Crippen LogP contribution in [0.2, 0.25) is 0 Å². The van der Waals surface area contributed by atoms with Crippen molar-refractivity contribution in [2.45, 2.75) is 44.9 Å². The van der Waals surface area contributed by atoms with Gasteiger partial charge in [-0.3, -0.25) is 10.2 Å². The number of urea groups is 1. The molecule has 2 unspecified atom stereocenters. The van der Waals surface area contributed by atoms with Gasteiger partial charge in [0.2, 0.25) is 6.41 Å². The highest BCUT2D eigenvalue weighted by molar-refractivity contribution is 5.90. The fourth-order valence-electron chi connectivity index (χ4n) is 6.02. The Labute approximate surface area is 267 Å². The number of amides is 3. The van der Waals surface area contributed by atoms with E-state index in [1.54, 1.807) is 6.92 Å². The number of ether oxygens (including phenoxy) is 2. The zero-order valence-electron chi connectivity index (χ0n) is 26.1. The van der Waals surface area contributed by atoms with Crippen LogP contribution in [0.25, 0.3) is 0 Å². The zero-order valence-corrected chi connectivity index (χ0v) is 26.1. The molecule has 2 saturated heterocycles. The number of hydrogen-bond acceptors (Lipinski definition) is 7. The Morgan fingerprint density at radius 2 is 1.67 bits per heavy atom. The predicted octanol–water partition coefficient (Wildman–Crippen LogP) is 5.10. The third kappa shape index (κ3) is 8.04. The van der Waals surface area contributed by atoms with Crippen molar-refractivity contribution in [3.8, 4) is 5.75 Å². The highest BCUT2D eigenvalue weighted by atomic mass is 19.1. The molecule has 5 rings (SSSR count). The number of benzene rings is 3. The van der Waals surface area contributed by atoms with E-state index in [1.165, 1.54) is 12.1 Å². The first-order valence-electron chi connectivity index (χ1n) is 15.6. The number of aliphatic hydroxyl groups excluding tert-OH is 1. The summed E-state index contributed by atoms with van der Waals surface area (Å²) in [6.07, 6.45) is 0.290. The SMILES string of the molecule is CC[C@@H](C(C)O)N(NC=O)C(=O)Nc1ccc(N2CCN(c3ccc(OC[C@@H]4COC(c5ccc(F)cc5F)C4)cc3)CC2)cc1. The van der Waals surface area contributed by atoms with Crippen LogP contribution in [-0.2, 0) is 9.53 Å². The predicted molar refractivity (Wildman–Crippen MR) is 172 cm³/mol. The van der Waals surface area contributed by atoms with E-state index in [2.05, 4.69) is 20.5 Å². The number of carbonyl (C=O) groups is 2. The second-order valence-corrected chi connectivity index (χ2v) is 11.7. The molecule has 2 fully saturated rings. The van der Waals surface area contributed by atoms with E-state index in [9.17, 15) is 23.5 Å². The van der Waals surface area contributed by atoms with Gasteiger partial charge in [-0.15, -0.1) is 0 Å². The van der Waals surface area contributed by atoms with E-state index in [4.69, 9.17) is 9.47 Å². The van der Waals surface area contributed by atoms with E-state index in [0.717, 1.165) is 54.4 Å². The number of piperazine rings is 1. The van der Waals surface area contributed by atoms with Crippen LogP contribution in [0.1, 0.15) is 38.4 Å².